The highest BCUT2D eigenvalue weighted by atomic mass is 16.3. The van der Waals surface area contributed by atoms with Gasteiger partial charge in [0, 0.05) is 31.7 Å². The van der Waals surface area contributed by atoms with E-state index < -0.39 is 12.0 Å². The molecule has 140 valence electrons. The van der Waals surface area contributed by atoms with Crippen molar-refractivity contribution in [1.82, 2.24) is 14.8 Å². The van der Waals surface area contributed by atoms with Gasteiger partial charge in [0.05, 0.1) is 11.6 Å². The van der Waals surface area contributed by atoms with E-state index in [0.717, 1.165) is 31.4 Å². The van der Waals surface area contributed by atoms with E-state index in [0.29, 0.717) is 11.9 Å². The van der Waals surface area contributed by atoms with Crippen LogP contribution in [0.15, 0.2) is 35.3 Å². The van der Waals surface area contributed by atoms with E-state index in [4.69, 9.17) is 0 Å². The van der Waals surface area contributed by atoms with Crippen molar-refractivity contribution >= 4 is 16.8 Å². The molecule has 0 saturated carbocycles. The Hall–Kier alpha value is -2.18. The molecular weight excluding hydrogens is 330 g/mol. The molecule has 1 aromatic heterocycles. The minimum atomic E-state index is -0.638. The molecule has 0 spiro atoms. The summed E-state index contributed by atoms with van der Waals surface area (Å²) in [7, 11) is 1.81. The van der Waals surface area contributed by atoms with Gasteiger partial charge in [-0.25, -0.2) is 0 Å². The lowest BCUT2D eigenvalue weighted by Crippen LogP contribution is -2.41. The Balaban J connectivity index is 1.64. The predicted octanol–water partition coefficient (Wildman–Crippen LogP) is 1.51. The van der Waals surface area contributed by atoms with Crippen molar-refractivity contribution in [2.45, 2.75) is 31.8 Å². The third-order valence-corrected chi connectivity index (χ3v) is 5.01. The maximum Gasteiger partial charge on any atom is 0.256 e. The molecule has 1 aliphatic rings. The van der Waals surface area contributed by atoms with Crippen LogP contribution in [0.4, 0.5) is 0 Å². The summed E-state index contributed by atoms with van der Waals surface area (Å²) in [6, 6.07) is 7.23. The van der Waals surface area contributed by atoms with Gasteiger partial charge in [-0.3, -0.25) is 9.59 Å². The van der Waals surface area contributed by atoms with Crippen molar-refractivity contribution in [2.75, 3.05) is 26.2 Å². The van der Waals surface area contributed by atoms with E-state index in [2.05, 4.69) is 10.2 Å². The number of carbonyl (C=O) groups is 1. The van der Waals surface area contributed by atoms with Gasteiger partial charge in [0.15, 0.2) is 0 Å². The van der Waals surface area contributed by atoms with Crippen molar-refractivity contribution in [2.24, 2.45) is 7.05 Å². The number of likely N-dealkylation sites (tertiary alicyclic amines) is 1. The molecular formula is C20H27N3O3. The number of hydrogen-bond donors (Lipinski definition) is 2. The number of rotatable bonds is 5. The largest absolute Gasteiger partial charge is 0.390 e. The van der Waals surface area contributed by atoms with Crippen molar-refractivity contribution in [3.05, 3.63) is 46.2 Å². The number of nitrogens with zero attached hydrogens (tertiary/aromatic N) is 2. The van der Waals surface area contributed by atoms with Gasteiger partial charge in [0.2, 0.25) is 5.43 Å². The molecule has 2 N–H and O–H groups in total. The number of pyridine rings is 1. The SMILES string of the molecule is Cn1cc(C(=O)NC[C@@H](O)CN2CCCCCC2)c(=O)c2ccccc21. The van der Waals surface area contributed by atoms with Crippen LogP contribution in [0.2, 0.25) is 0 Å². The first-order chi connectivity index (χ1) is 12.6. The Morgan fingerprint density at radius 2 is 1.88 bits per heavy atom. The number of hydrogen-bond acceptors (Lipinski definition) is 4. The van der Waals surface area contributed by atoms with Gasteiger partial charge in [-0.15, -0.1) is 0 Å². The summed E-state index contributed by atoms with van der Waals surface area (Å²) >= 11 is 0. The van der Waals surface area contributed by atoms with Gasteiger partial charge in [0.1, 0.15) is 5.56 Å². The maximum atomic E-state index is 12.6. The van der Waals surface area contributed by atoms with Crippen LogP contribution in [0.3, 0.4) is 0 Å². The van der Waals surface area contributed by atoms with Crippen LogP contribution in [0, 0.1) is 0 Å². The third-order valence-electron chi connectivity index (χ3n) is 5.01. The lowest BCUT2D eigenvalue weighted by atomic mass is 10.1. The molecule has 6 nitrogen and oxygen atoms in total. The van der Waals surface area contributed by atoms with E-state index in [1.54, 1.807) is 22.9 Å². The molecule has 26 heavy (non-hydrogen) atoms. The zero-order valence-electron chi connectivity index (χ0n) is 15.3. The first-order valence-corrected chi connectivity index (χ1v) is 9.33. The van der Waals surface area contributed by atoms with Gasteiger partial charge in [-0.2, -0.15) is 0 Å². The summed E-state index contributed by atoms with van der Waals surface area (Å²) in [5, 5.41) is 13.5. The minimum Gasteiger partial charge on any atom is -0.390 e. The average molecular weight is 357 g/mol. The van der Waals surface area contributed by atoms with Gasteiger partial charge >= 0.3 is 0 Å². The van der Waals surface area contributed by atoms with E-state index in [-0.39, 0.29) is 17.5 Å². The summed E-state index contributed by atoms with van der Waals surface area (Å²) in [6.07, 6.45) is 5.73. The summed E-state index contributed by atoms with van der Waals surface area (Å²) in [5.41, 5.74) is 0.613. The highest BCUT2D eigenvalue weighted by Crippen LogP contribution is 2.11. The van der Waals surface area contributed by atoms with Crippen molar-refractivity contribution < 1.29 is 9.90 Å². The molecule has 6 heteroatoms. The van der Waals surface area contributed by atoms with Gasteiger partial charge in [-0.05, 0) is 38.1 Å². The number of β-amino-alcohol motifs (C(OH)–C–C–N with tert-alkyl or cyclic N) is 1. The van der Waals surface area contributed by atoms with Crippen molar-refractivity contribution in [3.8, 4) is 0 Å². The smallest absolute Gasteiger partial charge is 0.256 e. The number of para-hydroxylation sites is 1. The normalized spacial score (nSPS) is 17.0. The molecule has 0 bridgehead atoms. The minimum absolute atomic E-state index is 0.105. The number of nitrogens with one attached hydrogen (secondary N) is 1. The monoisotopic (exact) mass is 357 g/mol. The Labute approximate surface area is 153 Å². The molecule has 1 fully saturated rings. The van der Waals surface area contributed by atoms with Crippen molar-refractivity contribution in [1.29, 1.82) is 0 Å². The fourth-order valence-corrected chi connectivity index (χ4v) is 3.59. The Bertz CT molecular complexity index is 823. The molecule has 2 heterocycles. The number of aliphatic hydroxyl groups excluding tert-OH is 1. The zero-order valence-corrected chi connectivity index (χ0v) is 15.3. The number of carbonyl (C=O) groups excluding carboxylic acids is 1. The number of aryl methyl sites for hydroxylation is 1. The fourth-order valence-electron chi connectivity index (χ4n) is 3.59. The second kappa shape index (κ2) is 8.47. The van der Waals surface area contributed by atoms with Crippen molar-refractivity contribution in [3.63, 3.8) is 0 Å². The highest BCUT2D eigenvalue weighted by molar-refractivity contribution is 5.97. The number of aliphatic hydroxyl groups is 1. The van der Waals surface area contributed by atoms with E-state index in [1.165, 1.54) is 12.8 Å². The van der Waals surface area contributed by atoms with Crippen LogP contribution in [0.25, 0.3) is 10.9 Å². The number of benzene rings is 1. The fraction of sp³-hybridized carbons (Fsp3) is 0.500. The quantitative estimate of drug-likeness (QED) is 0.851. The first-order valence-electron chi connectivity index (χ1n) is 9.33. The van der Waals surface area contributed by atoms with Gasteiger partial charge in [0.25, 0.3) is 5.91 Å². The van der Waals surface area contributed by atoms with E-state index in [9.17, 15) is 14.7 Å². The molecule has 1 amide bonds. The second-order valence-corrected chi connectivity index (χ2v) is 7.08. The molecule has 1 aliphatic heterocycles. The molecule has 3 rings (SSSR count). The predicted molar refractivity (Wildman–Crippen MR) is 102 cm³/mol. The zero-order chi connectivity index (χ0) is 18.5. The number of aromatic nitrogens is 1. The molecule has 1 saturated heterocycles. The molecule has 1 aromatic carbocycles. The van der Waals surface area contributed by atoms with Crippen LogP contribution in [0.5, 0.6) is 0 Å². The summed E-state index contributed by atoms with van der Waals surface area (Å²) in [6.45, 7) is 2.69. The molecule has 0 unspecified atom stereocenters. The van der Waals surface area contributed by atoms with Gasteiger partial charge < -0.3 is 19.9 Å². The summed E-state index contributed by atoms with van der Waals surface area (Å²) in [5.74, 6) is -0.439. The first kappa shape index (κ1) is 18.6. The van der Waals surface area contributed by atoms with Crippen LogP contribution >= 0.6 is 0 Å². The van der Waals surface area contributed by atoms with Crippen LogP contribution < -0.4 is 10.7 Å². The number of fused-ring (bicyclic) bond motifs is 1. The summed E-state index contributed by atoms with van der Waals surface area (Å²) < 4.78 is 1.78. The van der Waals surface area contributed by atoms with Crippen LogP contribution in [0.1, 0.15) is 36.0 Å². The third kappa shape index (κ3) is 4.31. The topological polar surface area (TPSA) is 74.6 Å². The van der Waals surface area contributed by atoms with Gasteiger partial charge in [-0.1, -0.05) is 25.0 Å². The standard InChI is InChI=1S/C20H27N3O3/c1-22-14-17(19(25)16-8-4-5-9-18(16)22)20(26)21-12-15(24)13-23-10-6-2-3-7-11-23/h4-5,8-9,14-15,24H,2-3,6-7,10-13H2,1H3,(H,21,26)/t15-/m1/s1. The summed E-state index contributed by atoms with van der Waals surface area (Å²) in [4.78, 5) is 27.3. The second-order valence-electron chi connectivity index (χ2n) is 7.08. The molecule has 1 atom stereocenters. The molecule has 2 aromatic rings. The Morgan fingerprint density at radius 3 is 2.62 bits per heavy atom. The number of amides is 1. The van der Waals surface area contributed by atoms with E-state index >= 15 is 0 Å². The molecule has 0 aliphatic carbocycles. The lowest BCUT2D eigenvalue weighted by molar-refractivity contribution is 0.0861. The van der Waals surface area contributed by atoms with Crippen LogP contribution in [-0.4, -0.2) is 52.8 Å². The lowest BCUT2D eigenvalue weighted by Gasteiger charge is -2.23. The molecule has 0 radical (unpaired) electrons. The average Bonchev–Trinajstić information content (AvgIpc) is 2.91. The van der Waals surface area contributed by atoms with E-state index in [1.807, 2.05) is 19.2 Å². The Morgan fingerprint density at radius 1 is 1.19 bits per heavy atom. The van der Waals surface area contributed by atoms with Crippen LogP contribution in [-0.2, 0) is 7.05 Å². The Kier molecular flexibility index (Phi) is 6.06. The highest BCUT2D eigenvalue weighted by Gasteiger charge is 2.17. The maximum absolute atomic E-state index is 12.6.